The van der Waals surface area contributed by atoms with Gasteiger partial charge in [-0.2, -0.15) is 0 Å². The Morgan fingerprint density at radius 2 is 2.19 bits per heavy atom. The van der Waals surface area contributed by atoms with Crippen molar-refractivity contribution in [1.82, 2.24) is 0 Å². The molecular weight excluding hydrogens is 223 g/mol. The summed E-state index contributed by atoms with van der Waals surface area (Å²) in [5, 5.41) is 3.22. The first-order valence-electron chi connectivity index (χ1n) is 5.34. The SMILES string of the molecule is CC(C)CCNc1ccc(F)cc1C(N)=S. The van der Waals surface area contributed by atoms with Crippen molar-refractivity contribution in [3.63, 3.8) is 0 Å². The van der Waals surface area contributed by atoms with Gasteiger partial charge in [0.2, 0.25) is 0 Å². The normalized spacial score (nSPS) is 10.5. The fourth-order valence-electron chi connectivity index (χ4n) is 1.37. The summed E-state index contributed by atoms with van der Waals surface area (Å²) in [6.45, 7) is 5.14. The smallest absolute Gasteiger partial charge is 0.124 e. The Kier molecular flexibility index (Phi) is 4.68. The summed E-state index contributed by atoms with van der Waals surface area (Å²) in [5.41, 5.74) is 6.91. The fourth-order valence-corrected chi connectivity index (χ4v) is 1.54. The van der Waals surface area contributed by atoms with Gasteiger partial charge in [-0.25, -0.2) is 4.39 Å². The standard InChI is InChI=1S/C12H17FN2S/c1-8(2)5-6-15-11-4-3-9(13)7-10(11)12(14)16/h3-4,7-8,15H,5-6H2,1-2H3,(H2,14,16). The average molecular weight is 240 g/mol. The second kappa shape index (κ2) is 5.80. The maximum atomic E-state index is 13.0. The van der Waals surface area contributed by atoms with E-state index in [0.717, 1.165) is 18.7 Å². The summed E-state index contributed by atoms with van der Waals surface area (Å²) in [4.78, 5) is 0.214. The van der Waals surface area contributed by atoms with E-state index in [1.54, 1.807) is 6.07 Å². The highest BCUT2D eigenvalue weighted by Crippen LogP contribution is 2.17. The highest BCUT2D eigenvalue weighted by molar-refractivity contribution is 7.80. The number of hydrogen-bond donors (Lipinski definition) is 2. The van der Waals surface area contributed by atoms with Crippen molar-refractivity contribution >= 4 is 22.9 Å². The van der Waals surface area contributed by atoms with Gasteiger partial charge in [-0.3, -0.25) is 0 Å². The molecular formula is C12H17FN2S. The Bertz CT molecular complexity index is 377. The van der Waals surface area contributed by atoms with Gasteiger partial charge in [0, 0.05) is 17.8 Å². The molecule has 0 radical (unpaired) electrons. The Morgan fingerprint density at radius 3 is 2.75 bits per heavy atom. The minimum absolute atomic E-state index is 0.214. The maximum Gasteiger partial charge on any atom is 0.124 e. The largest absolute Gasteiger partial charge is 0.389 e. The molecule has 1 rings (SSSR count). The van der Waals surface area contributed by atoms with E-state index in [0.29, 0.717) is 11.5 Å². The molecule has 0 aliphatic rings. The van der Waals surface area contributed by atoms with Crippen LogP contribution in [0, 0.1) is 11.7 Å². The van der Waals surface area contributed by atoms with Crippen LogP contribution in [0.2, 0.25) is 0 Å². The molecule has 0 saturated heterocycles. The molecule has 0 aromatic heterocycles. The van der Waals surface area contributed by atoms with E-state index in [-0.39, 0.29) is 10.8 Å². The lowest BCUT2D eigenvalue weighted by atomic mass is 10.1. The molecule has 2 nitrogen and oxygen atoms in total. The monoisotopic (exact) mass is 240 g/mol. The molecule has 16 heavy (non-hydrogen) atoms. The molecule has 0 atom stereocenters. The number of benzene rings is 1. The van der Waals surface area contributed by atoms with Crippen LogP contribution in [-0.4, -0.2) is 11.5 Å². The van der Waals surface area contributed by atoms with Crippen molar-refractivity contribution in [2.75, 3.05) is 11.9 Å². The molecule has 0 heterocycles. The number of nitrogens with two attached hydrogens (primary N) is 1. The average Bonchev–Trinajstić information content (AvgIpc) is 2.19. The van der Waals surface area contributed by atoms with Crippen molar-refractivity contribution in [2.45, 2.75) is 20.3 Å². The van der Waals surface area contributed by atoms with Gasteiger partial charge < -0.3 is 11.1 Å². The van der Waals surface area contributed by atoms with Crippen LogP contribution in [0.25, 0.3) is 0 Å². The van der Waals surface area contributed by atoms with E-state index in [1.165, 1.54) is 12.1 Å². The fraction of sp³-hybridized carbons (Fsp3) is 0.417. The number of hydrogen-bond acceptors (Lipinski definition) is 2. The summed E-state index contributed by atoms with van der Waals surface area (Å²) in [7, 11) is 0. The van der Waals surface area contributed by atoms with Crippen LogP contribution in [0.1, 0.15) is 25.8 Å². The number of anilines is 1. The lowest BCUT2D eigenvalue weighted by molar-refractivity contribution is 0.606. The first-order valence-corrected chi connectivity index (χ1v) is 5.74. The van der Waals surface area contributed by atoms with Gasteiger partial charge in [-0.1, -0.05) is 26.1 Å². The summed E-state index contributed by atoms with van der Waals surface area (Å²) in [6, 6.07) is 4.43. The summed E-state index contributed by atoms with van der Waals surface area (Å²) in [5.74, 6) is 0.304. The lowest BCUT2D eigenvalue weighted by Gasteiger charge is -2.12. The van der Waals surface area contributed by atoms with Crippen LogP contribution >= 0.6 is 12.2 Å². The van der Waals surface area contributed by atoms with E-state index in [9.17, 15) is 4.39 Å². The number of rotatable bonds is 5. The number of nitrogens with one attached hydrogen (secondary N) is 1. The van der Waals surface area contributed by atoms with Crippen molar-refractivity contribution in [3.8, 4) is 0 Å². The highest BCUT2D eigenvalue weighted by Gasteiger charge is 2.06. The Hall–Kier alpha value is -1.16. The molecule has 1 aromatic rings. The lowest BCUT2D eigenvalue weighted by Crippen LogP contribution is -2.14. The van der Waals surface area contributed by atoms with E-state index >= 15 is 0 Å². The predicted octanol–water partition coefficient (Wildman–Crippen LogP) is 2.92. The zero-order chi connectivity index (χ0) is 12.1. The van der Waals surface area contributed by atoms with Crippen LogP contribution in [0.4, 0.5) is 10.1 Å². The third-order valence-electron chi connectivity index (χ3n) is 2.28. The molecule has 0 bridgehead atoms. The summed E-state index contributed by atoms with van der Waals surface area (Å²) in [6.07, 6.45) is 1.05. The third-order valence-corrected chi connectivity index (χ3v) is 2.50. The Labute approximate surface area is 101 Å². The van der Waals surface area contributed by atoms with Gasteiger partial charge in [0.15, 0.2) is 0 Å². The Balaban J connectivity index is 2.75. The molecule has 0 amide bonds. The zero-order valence-electron chi connectivity index (χ0n) is 9.59. The molecule has 0 spiro atoms. The van der Waals surface area contributed by atoms with Gasteiger partial charge in [-0.15, -0.1) is 0 Å². The molecule has 0 fully saturated rings. The van der Waals surface area contributed by atoms with Crippen molar-refractivity contribution in [2.24, 2.45) is 11.7 Å². The van der Waals surface area contributed by atoms with Gasteiger partial charge in [-0.05, 0) is 30.5 Å². The minimum Gasteiger partial charge on any atom is -0.389 e. The van der Waals surface area contributed by atoms with Crippen LogP contribution < -0.4 is 11.1 Å². The molecule has 0 aliphatic heterocycles. The maximum absolute atomic E-state index is 13.0. The van der Waals surface area contributed by atoms with Gasteiger partial charge >= 0.3 is 0 Å². The molecule has 0 aliphatic carbocycles. The molecule has 1 aromatic carbocycles. The van der Waals surface area contributed by atoms with Crippen LogP contribution in [-0.2, 0) is 0 Å². The second-order valence-electron chi connectivity index (χ2n) is 4.16. The topological polar surface area (TPSA) is 38.0 Å². The first kappa shape index (κ1) is 12.9. The molecule has 0 saturated carbocycles. The molecule has 4 heteroatoms. The minimum atomic E-state index is -0.322. The van der Waals surface area contributed by atoms with E-state index in [2.05, 4.69) is 19.2 Å². The third kappa shape index (κ3) is 3.77. The molecule has 3 N–H and O–H groups in total. The predicted molar refractivity (Wildman–Crippen MR) is 70.2 cm³/mol. The quantitative estimate of drug-likeness (QED) is 0.777. The van der Waals surface area contributed by atoms with Gasteiger partial charge in [0.05, 0.1) is 0 Å². The van der Waals surface area contributed by atoms with Gasteiger partial charge in [0.25, 0.3) is 0 Å². The summed E-state index contributed by atoms with van der Waals surface area (Å²) < 4.78 is 13.0. The zero-order valence-corrected chi connectivity index (χ0v) is 10.4. The molecule has 88 valence electrons. The number of halogens is 1. The van der Waals surface area contributed by atoms with Crippen molar-refractivity contribution in [3.05, 3.63) is 29.6 Å². The van der Waals surface area contributed by atoms with E-state index in [1.807, 2.05) is 0 Å². The van der Waals surface area contributed by atoms with Crippen LogP contribution in [0.5, 0.6) is 0 Å². The van der Waals surface area contributed by atoms with Crippen LogP contribution in [0.15, 0.2) is 18.2 Å². The first-order chi connectivity index (χ1) is 7.50. The van der Waals surface area contributed by atoms with E-state index < -0.39 is 0 Å². The number of thiocarbonyl (C=S) groups is 1. The van der Waals surface area contributed by atoms with Crippen molar-refractivity contribution in [1.29, 1.82) is 0 Å². The molecule has 0 unspecified atom stereocenters. The highest BCUT2D eigenvalue weighted by atomic mass is 32.1. The van der Waals surface area contributed by atoms with Crippen molar-refractivity contribution < 1.29 is 4.39 Å². The summed E-state index contributed by atoms with van der Waals surface area (Å²) >= 11 is 4.88. The van der Waals surface area contributed by atoms with Gasteiger partial charge in [0.1, 0.15) is 10.8 Å². The van der Waals surface area contributed by atoms with E-state index in [4.69, 9.17) is 18.0 Å². The Morgan fingerprint density at radius 1 is 1.50 bits per heavy atom. The second-order valence-corrected chi connectivity index (χ2v) is 4.60. The van der Waals surface area contributed by atoms with Crippen LogP contribution in [0.3, 0.4) is 0 Å².